The first-order chi connectivity index (χ1) is 11.0. The Kier molecular flexibility index (Phi) is 5.93. The second-order valence-corrected chi connectivity index (χ2v) is 7.08. The van der Waals surface area contributed by atoms with Crippen molar-refractivity contribution < 1.29 is 4.21 Å². The van der Waals surface area contributed by atoms with Gasteiger partial charge in [-0.3, -0.25) is 4.21 Å². The first kappa shape index (κ1) is 17.2. The molecule has 4 nitrogen and oxygen atoms in total. The monoisotopic (exact) mass is 329 g/mol. The van der Waals surface area contributed by atoms with Gasteiger partial charge in [-0.05, 0) is 41.3 Å². The van der Waals surface area contributed by atoms with Gasteiger partial charge in [-0.1, -0.05) is 38.1 Å². The summed E-state index contributed by atoms with van der Waals surface area (Å²) in [6.45, 7) is 4.80. The summed E-state index contributed by atoms with van der Waals surface area (Å²) in [5, 5.41) is 3.12. The van der Waals surface area contributed by atoms with Gasteiger partial charge in [-0.25, -0.2) is 4.99 Å². The zero-order chi connectivity index (χ0) is 16.8. The summed E-state index contributed by atoms with van der Waals surface area (Å²) in [7, 11) is -0.956. The lowest BCUT2D eigenvalue weighted by molar-refractivity contribution is 0.687. The average Bonchev–Trinajstić information content (AvgIpc) is 2.53. The zero-order valence-electron chi connectivity index (χ0n) is 13.7. The second-order valence-electron chi connectivity index (χ2n) is 5.70. The molecule has 122 valence electrons. The van der Waals surface area contributed by atoms with Crippen molar-refractivity contribution in [3.63, 3.8) is 0 Å². The minimum Gasteiger partial charge on any atom is -0.370 e. The largest absolute Gasteiger partial charge is 0.370 e. The number of rotatable bonds is 5. The summed E-state index contributed by atoms with van der Waals surface area (Å²) < 4.78 is 11.4. The van der Waals surface area contributed by atoms with Crippen LogP contribution >= 0.6 is 0 Å². The molecule has 1 unspecified atom stereocenters. The van der Waals surface area contributed by atoms with Crippen LogP contribution in [0.5, 0.6) is 0 Å². The van der Waals surface area contributed by atoms with Crippen LogP contribution in [0.1, 0.15) is 30.9 Å². The van der Waals surface area contributed by atoms with Crippen LogP contribution in [0.25, 0.3) is 0 Å². The van der Waals surface area contributed by atoms with Gasteiger partial charge in [-0.2, -0.15) is 0 Å². The topological polar surface area (TPSA) is 67.5 Å². The van der Waals surface area contributed by atoms with Crippen LogP contribution in [0.4, 0.5) is 5.69 Å². The Labute approximate surface area is 140 Å². The third kappa shape index (κ3) is 5.21. The van der Waals surface area contributed by atoms with E-state index in [0.717, 1.165) is 16.1 Å². The minimum absolute atomic E-state index is 0.383. The van der Waals surface area contributed by atoms with Gasteiger partial charge in [0, 0.05) is 27.6 Å². The first-order valence-corrected chi connectivity index (χ1v) is 9.11. The molecule has 0 spiro atoms. The lowest BCUT2D eigenvalue weighted by Gasteiger charge is -2.10. The van der Waals surface area contributed by atoms with E-state index in [4.69, 9.17) is 5.73 Å². The van der Waals surface area contributed by atoms with Crippen molar-refractivity contribution in [2.45, 2.75) is 31.2 Å². The van der Waals surface area contributed by atoms with Gasteiger partial charge in [0.15, 0.2) is 5.96 Å². The highest BCUT2D eigenvalue weighted by Crippen LogP contribution is 2.18. The van der Waals surface area contributed by atoms with Crippen LogP contribution in [0.15, 0.2) is 58.4 Å². The van der Waals surface area contributed by atoms with Crippen molar-refractivity contribution in [2.24, 2.45) is 10.7 Å². The summed E-state index contributed by atoms with van der Waals surface area (Å²) in [5.74, 6) is 0.853. The van der Waals surface area contributed by atoms with Crippen LogP contribution in [-0.2, 0) is 17.3 Å². The molecule has 2 aromatic carbocycles. The molecule has 0 aliphatic rings. The minimum atomic E-state index is -0.956. The van der Waals surface area contributed by atoms with Crippen LogP contribution in [0.3, 0.4) is 0 Å². The molecule has 1 atom stereocenters. The Morgan fingerprint density at radius 2 is 1.91 bits per heavy atom. The van der Waals surface area contributed by atoms with E-state index >= 15 is 0 Å². The lowest BCUT2D eigenvalue weighted by atomic mass is 10.0. The summed E-state index contributed by atoms with van der Waals surface area (Å²) in [5.41, 5.74) is 9.17. The summed E-state index contributed by atoms with van der Waals surface area (Å²) in [6, 6.07) is 15.7. The Balaban J connectivity index is 2.00. The number of anilines is 1. The molecule has 0 aromatic heterocycles. The van der Waals surface area contributed by atoms with Crippen LogP contribution < -0.4 is 11.1 Å². The highest BCUT2D eigenvalue weighted by molar-refractivity contribution is 7.84. The highest BCUT2D eigenvalue weighted by Gasteiger charge is 2.02. The molecule has 3 N–H and O–H groups in total. The summed E-state index contributed by atoms with van der Waals surface area (Å²) in [6.07, 6.45) is 1.67. The van der Waals surface area contributed by atoms with Crippen molar-refractivity contribution in [3.8, 4) is 0 Å². The SMILES string of the molecule is CC(C)c1cccc(NC(N)=NCc2ccc(S(C)=O)cc2)c1. The van der Waals surface area contributed by atoms with Crippen LogP contribution in [0, 0.1) is 0 Å². The maximum Gasteiger partial charge on any atom is 0.193 e. The van der Waals surface area contributed by atoms with E-state index in [1.165, 1.54) is 5.56 Å². The van der Waals surface area contributed by atoms with E-state index in [1.54, 1.807) is 6.26 Å². The number of benzene rings is 2. The predicted octanol–water partition coefficient (Wildman–Crippen LogP) is 3.47. The van der Waals surface area contributed by atoms with Crippen molar-refractivity contribution in [1.82, 2.24) is 0 Å². The van der Waals surface area contributed by atoms with E-state index < -0.39 is 10.8 Å². The number of hydrogen-bond donors (Lipinski definition) is 2. The standard InChI is InChI=1S/C18H23N3OS/c1-13(2)15-5-4-6-16(11-15)21-18(19)20-12-14-7-9-17(10-8-14)23(3)22/h4-11,13H,12H2,1-3H3,(H3,19,20,21). The maximum atomic E-state index is 11.4. The van der Waals surface area contributed by atoms with Crippen LogP contribution in [0.2, 0.25) is 0 Å². The maximum absolute atomic E-state index is 11.4. The smallest absolute Gasteiger partial charge is 0.193 e. The molecule has 0 radical (unpaired) electrons. The van der Waals surface area contributed by atoms with E-state index in [-0.39, 0.29) is 0 Å². The van der Waals surface area contributed by atoms with Crippen molar-refractivity contribution in [3.05, 3.63) is 59.7 Å². The van der Waals surface area contributed by atoms with Gasteiger partial charge < -0.3 is 11.1 Å². The molecule has 0 heterocycles. The van der Waals surface area contributed by atoms with Crippen LogP contribution in [-0.4, -0.2) is 16.4 Å². The molecule has 0 saturated carbocycles. The Bertz CT molecular complexity index is 708. The number of nitrogens with one attached hydrogen (secondary N) is 1. The number of aliphatic imine (C=N–C) groups is 1. The quantitative estimate of drug-likeness (QED) is 0.652. The lowest BCUT2D eigenvalue weighted by Crippen LogP contribution is -2.22. The van der Waals surface area contributed by atoms with E-state index in [9.17, 15) is 4.21 Å². The molecule has 0 amide bonds. The number of guanidine groups is 1. The molecule has 0 bridgehead atoms. The average molecular weight is 329 g/mol. The van der Waals surface area contributed by atoms with Crippen molar-refractivity contribution in [1.29, 1.82) is 0 Å². The van der Waals surface area contributed by atoms with Gasteiger partial charge in [0.25, 0.3) is 0 Å². The molecule has 5 heteroatoms. The predicted molar refractivity (Wildman–Crippen MR) is 98.3 cm³/mol. The fourth-order valence-corrected chi connectivity index (χ4v) is 2.65. The first-order valence-electron chi connectivity index (χ1n) is 7.55. The molecule has 2 rings (SSSR count). The third-order valence-corrected chi connectivity index (χ3v) is 4.45. The summed E-state index contributed by atoms with van der Waals surface area (Å²) in [4.78, 5) is 5.16. The van der Waals surface area contributed by atoms with Crippen molar-refractivity contribution >= 4 is 22.4 Å². The number of hydrogen-bond acceptors (Lipinski definition) is 2. The number of nitrogens with zero attached hydrogens (tertiary/aromatic N) is 1. The molecular formula is C18H23N3OS. The van der Waals surface area contributed by atoms with E-state index in [2.05, 4.69) is 36.3 Å². The Hall–Kier alpha value is -2.14. The Morgan fingerprint density at radius 1 is 1.22 bits per heavy atom. The Morgan fingerprint density at radius 3 is 2.52 bits per heavy atom. The fraction of sp³-hybridized carbons (Fsp3) is 0.278. The zero-order valence-corrected chi connectivity index (χ0v) is 14.6. The van der Waals surface area contributed by atoms with E-state index in [1.807, 2.05) is 36.4 Å². The van der Waals surface area contributed by atoms with Crippen molar-refractivity contribution in [2.75, 3.05) is 11.6 Å². The fourth-order valence-electron chi connectivity index (χ4n) is 2.13. The van der Waals surface area contributed by atoms with Gasteiger partial charge >= 0.3 is 0 Å². The van der Waals surface area contributed by atoms with Gasteiger partial charge in [0.2, 0.25) is 0 Å². The van der Waals surface area contributed by atoms with Gasteiger partial charge in [0.1, 0.15) is 0 Å². The second kappa shape index (κ2) is 7.92. The van der Waals surface area contributed by atoms with Gasteiger partial charge in [-0.15, -0.1) is 0 Å². The molecule has 0 fully saturated rings. The molecule has 23 heavy (non-hydrogen) atoms. The van der Waals surface area contributed by atoms with Gasteiger partial charge in [0.05, 0.1) is 6.54 Å². The molecule has 0 aliphatic heterocycles. The molecule has 0 aliphatic carbocycles. The van der Waals surface area contributed by atoms with E-state index in [0.29, 0.717) is 18.4 Å². The molecule has 2 aromatic rings. The summed E-state index contributed by atoms with van der Waals surface area (Å²) >= 11 is 0. The highest BCUT2D eigenvalue weighted by atomic mass is 32.2. The normalized spacial score (nSPS) is 13.1. The molecule has 0 saturated heterocycles. The molecular weight excluding hydrogens is 306 g/mol. The third-order valence-electron chi connectivity index (χ3n) is 3.51. The number of nitrogens with two attached hydrogens (primary N) is 1.